The van der Waals surface area contributed by atoms with Crippen LogP contribution in [0.15, 0.2) is 42.7 Å². The Balaban J connectivity index is 1.10. The lowest BCUT2D eigenvalue weighted by Gasteiger charge is -2.27. The molecule has 0 saturated heterocycles. The molecule has 6 rings (SSSR count). The molecular weight excluding hydrogens is 626 g/mol. The summed E-state index contributed by atoms with van der Waals surface area (Å²) in [5.41, 5.74) is 1.95. The van der Waals surface area contributed by atoms with Crippen molar-refractivity contribution in [3.63, 3.8) is 0 Å². The van der Waals surface area contributed by atoms with Crippen LogP contribution < -0.4 is 15.0 Å². The SMILES string of the molecule is CN1C(=O)[C@@H](NC(=O)c2ncn(Cc3c(Cl)cccc3Cl)n2)COc2cc(CN3CCn4nc(C(F)(F)F)nc4C3)ccc21. The second-order valence-corrected chi connectivity index (χ2v) is 11.1. The van der Waals surface area contributed by atoms with Crippen LogP contribution >= 0.6 is 23.2 Å². The monoisotopic (exact) mass is 649 g/mol. The van der Waals surface area contributed by atoms with Crippen LogP contribution in [0.3, 0.4) is 0 Å². The van der Waals surface area contributed by atoms with Crippen molar-refractivity contribution in [2.75, 3.05) is 25.1 Å². The number of likely N-dealkylation sites (N-methyl/N-ethyl adjacent to an activating group) is 1. The van der Waals surface area contributed by atoms with E-state index in [9.17, 15) is 22.8 Å². The van der Waals surface area contributed by atoms with Gasteiger partial charge in [0.05, 0.1) is 25.3 Å². The molecular formula is C27H24Cl2F3N9O3. The number of alkyl halides is 3. The molecule has 0 fully saturated rings. The third kappa shape index (κ3) is 6.07. The maximum Gasteiger partial charge on any atom is 0.453 e. The van der Waals surface area contributed by atoms with Crippen LogP contribution in [0, 0.1) is 0 Å². The number of nitrogens with zero attached hydrogens (tertiary/aromatic N) is 8. The van der Waals surface area contributed by atoms with E-state index >= 15 is 0 Å². The second-order valence-electron chi connectivity index (χ2n) is 10.3. The van der Waals surface area contributed by atoms with Crippen molar-refractivity contribution in [1.82, 2.24) is 39.7 Å². The molecule has 0 spiro atoms. The van der Waals surface area contributed by atoms with Crippen LogP contribution in [0.5, 0.6) is 5.75 Å². The van der Waals surface area contributed by atoms with Crippen molar-refractivity contribution >= 4 is 40.7 Å². The van der Waals surface area contributed by atoms with Crippen LogP contribution in [0.1, 0.15) is 33.4 Å². The third-order valence-corrected chi connectivity index (χ3v) is 7.96. The van der Waals surface area contributed by atoms with Crippen molar-refractivity contribution in [3.8, 4) is 5.75 Å². The highest BCUT2D eigenvalue weighted by Gasteiger charge is 2.38. The Labute approximate surface area is 258 Å². The molecule has 4 heterocycles. The predicted molar refractivity (Wildman–Crippen MR) is 151 cm³/mol. The summed E-state index contributed by atoms with van der Waals surface area (Å²) in [5.74, 6) is -1.69. The molecule has 0 bridgehead atoms. The zero-order valence-corrected chi connectivity index (χ0v) is 24.6. The number of carbonyl (C=O) groups excluding carboxylic acids is 2. The normalized spacial score (nSPS) is 17.1. The molecule has 0 aliphatic carbocycles. The lowest BCUT2D eigenvalue weighted by Crippen LogP contribution is -2.49. The fourth-order valence-electron chi connectivity index (χ4n) is 4.99. The molecule has 1 N–H and O–H groups in total. The van der Waals surface area contributed by atoms with Gasteiger partial charge in [0.1, 0.15) is 30.5 Å². The second kappa shape index (κ2) is 11.7. The molecule has 230 valence electrons. The smallest absolute Gasteiger partial charge is 0.453 e. The number of nitrogens with one attached hydrogen (secondary N) is 1. The minimum absolute atomic E-state index is 0.144. The number of benzene rings is 2. The van der Waals surface area contributed by atoms with Gasteiger partial charge < -0.3 is 15.0 Å². The van der Waals surface area contributed by atoms with Gasteiger partial charge in [-0.1, -0.05) is 35.3 Å². The van der Waals surface area contributed by atoms with Crippen LogP contribution in [-0.4, -0.2) is 72.5 Å². The van der Waals surface area contributed by atoms with Gasteiger partial charge in [0, 0.05) is 35.7 Å². The Kier molecular flexibility index (Phi) is 7.94. The molecule has 12 nitrogen and oxygen atoms in total. The Bertz CT molecular complexity index is 1720. The zero-order chi connectivity index (χ0) is 31.2. The number of hydrogen-bond acceptors (Lipinski definition) is 8. The number of carbonyl (C=O) groups is 2. The zero-order valence-electron chi connectivity index (χ0n) is 23.1. The van der Waals surface area contributed by atoms with E-state index < -0.39 is 29.9 Å². The first kappa shape index (κ1) is 29.8. The molecule has 4 aromatic rings. The minimum Gasteiger partial charge on any atom is -0.489 e. The topological polar surface area (TPSA) is 123 Å². The quantitative estimate of drug-likeness (QED) is 0.337. The van der Waals surface area contributed by atoms with Crippen molar-refractivity contribution in [3.05, 3.63) is 81.4 Å². The number of ether oxygens (including phenoxy) is 1. The first-order valence-corrected chi connectivity index (χ1v) is 14.1. The number of anilines is 1. The maximum absolute atomic E-state index is 13.2. The van der Waals surface area contributed by atoms with Crippen molar-refractivity contribution in [2.45, 2.75) is 38.4 Å². The number of aromatic nitrogens is 6. The highest BCUT2D eigenvalue weighted by Crippen LogP contribution is 2.33. The summed E-state index contributed by atoms with van der Waals surface area (Å²) in [6.07, 6.45) is -3.24. The highest BCUT2D eigenvalue weighted by molar-refractivity contribution is 6.36. The van der Waals surface area contributed by atoms with Crippen LogP contribution in [0.25, 0.3) is 0 Å². The maximum atomic E-state index is 13.2. The minimum atomic E-state index is -4.60. The molecule has 2 amide bonds. The molecule has 2 aromatic heterocycles. The Morgan fingerprint density at radius 1 is 1.11 bits per heavy atom. The van der Waals surface area contributed by atoms with E-state index in [1.54, 1.807) is 37.4 Å². The predicted octanol–water partition coefficient (Wildman–Crippen LogP) is 3.41. The molecule has 1 atom stereocenters. The van der Waals surface area contributed by atoms with Gasteiger partial charge in [-0.25, -0.2) is 19.3 Å². The van der Waals surface area contributed by atoms with Gasteiger partial charge >= 0.3 is 6.18 Å². The summed E-state index contributed by atoms with van der Waals surface area (Å²) in [6, 6.07) is 9.39. The van der Waals surface area contributed by atoms with Gasteiger partial charge in [-0.05, 0) is 29.8 Å². The highest BCUT2D eigenvalue weighted by atomic mass is 35.5. The molecule has 0 unspecified atom stereocenters. The number of fused-ring (bicyclic) bond motifs is 2. The van der Waals surface area contributed by atoms with Crippen molar-refractivity contribution in [1.29, 1.82) is 0 Å². The van der Waals surface area contributed by atoms with E-state index in [2.05, 4.69) is 25.5 Å². The number of hydrogen-bond donors (Lipinski definition) is 1. The summed E-state index contributed by atoms with van der Waals surface area (Å²) < 4.78 is 47.7. The van der Waals surface area contributed by atoms with Gasteiger partial charge in [-0.3, -0.25) is 14.5 Å². The number of amides is 2. The molecule has 2 aliphatic heterocycles. The summed E-state index contributed by atoms with van der Waals surface area (Å²) in [4.78, 5) is 37.3. The summed E-state index contributed by atoms with van der Waals surface area (Å²) in [6.45, 7) is 1.41. The first-order valence-electron chi connectivity index (χ1n) is 13.4. The van der Waals surface area contributed by atoms with Crippen molar-refractivity contribution < 1.29 is 27.5 Å². The fraction of sp³-hybridized carbons (Fsp3) is 0.333. The van der Waals surface area contributed by atoms with Crippen LogP contribution in [0.2, 0.25) is 10.0 Å². The largest absolute Gasteiger partial charge is 0.489 e. The first-order chi connectivity index (χ1) is 21.0. The Morgan fingerprint density at radius 3 is 2.64 bits per heavy atom. The average molecular weight is 650 g/mol. The average Bonchev–Trinajstić information content (AvgIpc) is 3.61. The van der Waals surface area contributed by atoms with Gasteiger partial charge in [0.15, 0.2) is 0 Å². The standard InChI is InChI=1S/C27H24Cl2F3N9O3/c1-38-20-6-5-15(10-39-7-8-41-22(12-39)35-26(37-41)27(30,31)32)9-21(20)44-13-19(25(38)43)34-24(42)23-33-14-40(36-23)11-16-17(28)3-2-4-18(16)29/h2-6,9,14,19H,7-8,10-13H2,1H3,(H,34,42)/t19-/m0/s1. The van der Waals surface area contributed by atoms with Gasteiger partial charge in [-0.15, -0.1) is 10.2 Å². The third-order valence-electron chi connectivity index (χ3n) is 7.25. The van der Waals surface area contributed by atoms with Gasteiger partial charge in [-0.2, -0.15) is 13.2 Å². The van der Waals surface area contributed by atoms with E-state index in [1.807, 2.05) is 11.0 Å². The molecule has 0 saturated carbocycles. The summed E-state index contributed by atoms with van der Waals surface area (Å²) in [7, 11) is 1.57. The molecule has 17 heteroatoms. The van der Waals surface area contributed by atoms with E-state index in [1.165, 1.54) is 20.6 Å². The van der Waals surface area contributed by atoms with Gasteiger partial charge in [0.2, 0.25) is 5.82 Å². The van der Waals surface area contributed by atoms with Crippen molar-refractivity contribution in [2.24, 2.45) is 0 Å². The van der Waals surface area contributed by atoms with E-state index in [-0.39, 0.29) is 37.9 Å². The number of rotatable bonds is 6. The summed E-state index contributed by atoms with van der Waals surface area (Å²) in [5, 5.41) is 11.3. The lowest BCUT2D eigenvalue weighted by atomic mass is 10.1. The fourth-order valence-corrected chi connectivity index (χ4v) is 5.51. The summed E-state index contributed by atoms with van der Waals surface area (Å²) >= 11 is 12.5. The van der Waals surface area contributed by atoms with E-state index in [0.29, 0.717) is 40.1 Å². The Hall–Kier alpha value is -4.21. The van der Waals surface area contributed by atoms with Crippen LogP contribution in [0.4, 0.5) is 18.9 Å². The van der Waals surface area contributed by atoms with E-state index in [0.717, 1.165) is 5.56 Å². The lowest BCUT2D eigenvalue weighted by molar-refractivity contribution is -0.145. The number of halogens is 5. The van der Waals surface area contributed by atoms with Crippen LogP contribution in [-0.2, 0) is 37.1 Å². The molecule has 44 heavy (non-hydrogen) atoms. The van der Waals surface area contributed by atoms with Gasteiger partial charge in [0.25, 0.3) is 17.6 Å². The molecule has 0 radical (unpaired) electrons. The van der Waals surface area contributed by atoms with E-state index in [4.69, 9.17) is 27.9 Å². The molecule has 2 aliphatic rings. The Morgan fingerprint density at radius 2 is 1.89 bits per heavy atom. The molecule has 2 aromatic carbocycles.